The van der Waals surface area contributed by atoms with Crippen molar-refractivity contribution in [1.29, 1.82) is 0 Å². The summed E-state index contributed by atoms with van der Waals surface area (Å²) >= 11 is 6.53. The molecule has 0 aliphatic rings. The number of Topliss-reactive ketones (excluding diaryl/α,β-unsaturated/α-hetero) is 2. The first-order valence-corrected chi connectivity index (χ1v) is 6.47. The second-order valence-electron chi connectivity index (χ2n) is 4.30. The number of ketones is 2. The van der Waals surface area contributed by atoms with E-state index in [1.807, 2.05) is 0 Å². The van der Waals surface area contributed by atoms with E-state index < -0.39 is 23.0 Å². The first-order chi connectivity index (χ1) is 9.60. The molecule has 0 saturated heterocycles. The summed E-state index contributed by atoms with van der Waals surface area (Å²) in [6.07, 6.45) is 0. The fraction of sp³-hybridized carbons (Fsp3) is 0.125. The van der Waals surface area contributed by atoms with Gasteiger partial charge in [-0.15, -0.1) is 0 Å². The average Bonchev–Trinajstić information content (AvgIpc) is 2.54. The van der Waals surface area contributed by atoms with Gasteiger partial charge in [0.25, 0.3) is 0 Å². The summed E-state index contributed by atoms with van der Waals surface area (Å²) in [6, 6.07) is 17.3. The van der Waals surface area contributed by atoms with Crippen molar-refractivity contribution in [3.63, 3.8) is 0 Å². The van der Waals surface area contributed by atoms with Gasteiger partial charge >= 0.3 is 0 Å². The number of hydrogen-bond acceptors (Lipinski definition) is 3. The van der Waals surface area contributed by atoms with Crippen LogP contribution >= 0.6 is 11.6 Å². The number of aliphatic hydroxyl groups is 1. The maximum absolute atomic E-state index is 12.4. The van der Waals surface area contributed by atoms with E-state index in [0.717, 1.165) is 0 Å². The topological polar surface area (TPSA) is 54.4 Å². The minimum atomic E-state index is -1.61. The molecule has 0 fully saturated rings. The number of benzene rings is 2. The highest BCUT2D eigenvalue weighted by molar-refractivity contribution is 6.53. The second kappa shape index (κ2) is 5.99. The maximum atomic E-state index is 12.4. The number of alkyl halides is 1. The van der Waals surface area contributed by atoms with Crippen LogP contribution in [0.15, 0.2) is 60.7 Å². The molecule has 20 heavy (non-hydrogen) atoms. The van der Waals surface area contributed by atoms with Crippen molar-refractivity contribution in [2.24, 2.45) is 0 Å². The summed E-state index contributed by atoms with van der Waals surface area (Å²) in [7, 11) is 0. The van der Waals surface area contributed by atoms with Gasteiger partial charge in [0.2, 0.25) is 11.6 Å². The lowest BCUT2D eigenvalue weighted by Gasteiger charge is -2.25. The lowest BCUT2D eigenvalue weighted by atomic mass is 9.85. The molecule has 0 aromatic heterocycles. The van der Waals surface area contributed by atoms with E-state index in [-0.39, 0.29) is 0 Å². The Balaban J connectivity index is 2.61. The van der Waals surface area contributed by atoms with Crippen molar-refractivity contribution in [3.05, 3.63) is 71.8 Å². The Morgan fingerprint density at radius 2 is 1.30 bits per heavy atom. The van der Waals surface area contributed by atoms with Crippen molar-refractivity contribution < 1.29 is 14.7 Å². The van der Waals surface area contributed by atoms with E-state index in [1.54, 1.807) is 60.7 Å². The van der Waals surface area contributed by atoms with Crippen LogP contribution in [0, 0.1) is 0 Å². The molecule has 1 N–H and O–H groups in total. The molecular formula is C16H13ClO3. The summed E-state index contributed by atoms with van der Waals surface area (Å²) < 4.78 is 0. The Kier molecular flexibility index (Phi) is 4.32. The second-order valence-corrected chi connectivity index (χ2v) is 4.87. The molecule has 2 aromatic rings. The predicted octanol–water partition coefficient (Wildman–Crippen LogP) is 2.30. The molecule has 0 radical (unpaired) electrons. The zero-order chi connectivity index (χ0) is 14.6. The number of hydrogen-bond donors (Lipinski definition) is 1. The van der Waals surface area contributed by atoms with Crippen LogP contribution in [0.25, 0.3) is 0 Å². The highest BCUT2D eigenvalue weighted by Gasteiger charge is 2.42. The van der Waals surface area contributed by atoms with E-state index in [0.29, 0.717) is 11.1 Å². The molecule has 4 heteroatoms. The quantitative estimate of drug-likeness (QED) is 0.678. The van der Waals surface area contributed by atoms with Gasteiger partial charge in [0.1, 0.15) is 6.61 Å². The molecule has 0 amide bonds. The van der Waals surface area contributed by atoms with Crippen molar-refractivity contribution in [2.75, 3.05) is 6.61 Å². The minimum absolute atomic E-state index is 0.500. The van der Waals surface area contributed by atoms with Crippen LogP contribution in [0.1, 0.15) is 11.1 Å². The third-order valence-electron chi connectivity index (χ3n) is 3.05. The fourth-order valence-electron chi connectivity index (χ4n) is 2.03. The largest absolute Gasteiger partial charge is 0.388 e. The van der Waals surface area contributed by atoms with Gasteiger partial charge in [-0.3, -0.25) is 9.59 Å². The van der Waals surface area contributed by atoms with E-state index in [4.69, 9.17) is 16.7 Å². The van der Waals surface area contributed by atoms with Crippen molar-refractivity contribution in [1.82, 2.24) is 0 Å². The number of carbonyl (C=O) groups is 2. The molecule has 3 nitrogen and oxygen atoms in total. The van der Waals surface area contributed by atoms with E-state index in [2.05, 4.69) is 0 Å². The molecule has 2 aromatic carbocycles. The SMILES string of the molecule is O=C(CO)C(=O)C(Cl)(c1ccccc1)c1ccccc1. The van der Waals surface area contributed by atoms with Crippen LogP contribution in [0.3, 0.4) is 0 Å². The van der Waals surface area contributed by atoms with Gasteiger partial charge in [-0.25, -0.2) is 0 Å². The van der Waals surface area contributed by atoms with Gasteiger partial charge in [0.15, 0.2) is 4.87 Å². The standard InChI is InChI=1S/C16H13ClO3/c17-16(15(20)14(19)11-18,12-7-3-1-4-8-12)13-9-5-2-6-10-13/h1-10,18H,11H2. The Hall–Kier alpha value is -1.97. The lowest BCUT2D eigenvalue weighted by Crippen LogP contribution is -2.38. The predicted molar refractivity (Wildman–Crippen MR) is 76.6 cm³/mol. The smallest absolute Gasteiger partial charge is 0.230 e. The zero-order valence-corrected chi connectivity index (χ0v) is 11.4. The average molecular weight is 289 g/mol. The van der Waals surface area contributed by atoms with Crippen molar-refractivity contribution >= 4 is 23.2 Å². The molecule has 0 saturated carbocycles. The number of aliphatic hydroxyl groups excluding tert-OH is 1. The molecule has 102 valence electrons. The lowest BCUT2D eigenvalue weighted by molar-refractivity contribution is -0.139. The Labute approximate surface area is 121 Å². The highest BCUT2D eigenvalue weighted by atomic mass is 35.5. The Morgan fingerprint density at radius 1 is 0.900 bits per heavy atom. The van der Waals surface area contributed by atoms with Gasteiger partial charge in [-0.05, 0) is 11.1 Å². The van der Waals surface area contributed by atoms with Crippen LogP contribution in [-0.2, 0) is 14.5 Å². The van der Waals surface area contributed by atoms with Crippen LogP contribution in [-0.4, -0.2) is 23.3 Å². The van der Waals surface area contributed by atoms with Crippen molar-refractivity contribution in [3.8, 4) is 0 Å². The van der Waals surface area contributed by atoms with Crippen molar-refractivity contribution in [2.45, 2.75) is 4.87 Å². The van der Waals surface area contributed by atoms with Gasteiger partial charge in [0, 0.05) is 0 Å². The van der Waals surface area contributed by atoms with E-state index in [9.17, 15) is 9.59 Å². The molecule has 0 bridgehead atoms. The van der Waals surface area contributed by atoms with E-state index in [1.165, 1.54) is 0 Å². The van der Waals surface area contributed by atoms with Gasteiger partial charge in [-0.2, -0.15) is 0 Å². The first kappa shape index (κ1) is 14.4. The number of halogens is 1. The molecule has 0 unspecified atom stereocenters. The van der Waals surface area contributed by atoms with E-state index >= 15 is 0 Å². The molecular weight excluding hydrogens is 276 g/mol. The summed E-state index contributed by atoms with van der Waals surface area (Å²) in [4.78, 5) is 22.4. The zero-order valence-electron chi connectivity index (χ0n) is 10.6. The molecule has 0 aliphatic heterocycles. The third-order valence-corrected chi connectivity index (χ3v) is 3.66. The molecule has 0 aliphatic carbocycles. The van der Waals surface area contributed by atoms with Crippen LogP contribution in [0.4, 0.5) is 0 Å². The Morgan fingerprint density at radius 3 is 1.65 bits per heavy atom. The van der Waals surface area contributed by atoms with Gasteiger partial charge in [0.05, 0.1) is 0 Å². The normalized spacial score (nSPS) is 11.1. The summed E-state index contributed by atoms with van der Waals surface area (Å²) in [5.74, 6) is -1.74. The third kappa shape index (κ3) is 2.50. The molecule has 0 heterocycles. The van der Waals surface area contributed by atoms with Crippen LogP contribution in [0.2, 0.25) is 0 Å². The minimum Gasteiger partial charge on any atom is -0.388 e. The fourth-order valence-corrected chi connectivity index (χ4v) is 2.39. The summed E-state index contributed by atoms with van der Waals surface area (Å²) in [5, 5.41) is 8.93. The number of rotatable bonds is 5. The van der Waals surface area contributed by atoms with Crippen LogP contribution < -0.4 is 0 Å². The Bertz CT molecular complexity index is 569. The molecule has 0 atom stereocenters. The maximum Gasteiger partial charge on any atom is 0.230 e. The van der Waals surface area contributed by atoms with Gasteiger partial charge in [-0.1, -0.05) is 72.3 Å². The summed E-state index contributed by atoms with van der Waals surface area (Å²) in [5.41, 5.74) is 0.999. The molecule has 2 rings (SSSR count). The summed E-state index contributed by atoms with van der Waals surface area (Å²) in [6.45, 7) is -0.854. The molecule has 0 spiro atoms. The monoisotopic (exact) mass is 288 g/mol. The van der Waals surface area contributed by atoms with Gasteiger partial charge < -0.3 is 5.11 Å². The van der Waals surface area contributed by atoms with Crippen LogP contribution in [0.5, 0.6) is 0 Å². The first-order valence-electron chi connectivity index (χ1n) is 6.09. The highest BCUT2D eigenvalue weighted by Crippen LogP contribution is 2.37. The number of carbonyl (C=O) groups excluding carboxylic acids is 2.